The number of methoxy groups -OCH3 is 1. The van der Waals surface area contributed by atoms with Crippen molar-refractivity contribution >= 4 is 23.2 Å². The van der Waals surface area contributed by atoms with E-state index in [-0.39, 0.29) is 12.6 Å². The van der Waals surface area contributed by atoms with Gasteiger partial charge in [-0.3, -0.25) is 0 Å². The van der Waals surface area contributed by atoms with Crippen molar-refractivity contribution in [3.05, 3.63) is 162 Å². The molecule has 5 aromatic carbocycles. The summed E-state index contributed by atoms with van der Waals surface area (Å²) in [7, 11) is 1.64. The normalized spacial score (nSPS) is 11.8. The first-order chi connectivity index (χ1) is 21.6. The van der Waals surface area contributed by atoms with Crippen LogP contribution in [0.2, 0.25) is 0 Å². The number of carbonyl (C=O) groups excluding carboxylic acids is 1. The van der Waals surface area contributed by atoms with E-state index >= 15 is 0 Å². The quantitative estimate of drug-likeness (QED) is 0.0911. The molecule has 0 amide bonds. The fourth-order valence-electron chi connectivity index (χ4n) is 4.98. The summed E-state index contributed by atoms with van der Waals surface area (Å²) in [5.41, 5.74) is 5.62. The highest BCUT2D eigenvalue weighted by molar-refractivity contribution is 6.02. The van der Waals surface area contributed by atoms with E-state index in [0.29, 0.717) is 18.9 Å². The van der Waals surface area contributed by atoms with Gasteiger partial charge >= 0.3 is 5.97 Å². The van der Waals surface area contributed by atoms with Crippen LogP contribution in [-0.2, 0) is 22.6 Å². The Morgan fingerprint density at radius 3 is 1.93 bits per heavy atom. The second-order valence-corrected chi connectivity index (χ2v) is 10.2. The molecule has 0 heterocycles. The van der Waals surface area contributed by atoms with Gasteiger partial charge in [-0.2, -0.15) is 0 Å². The lowest BCUT2D eigenvalue weighted by Crippen LogP contribution is -2.40. The van der Waals surface area contributed by atoms with Crippen LogP contribution in [0.4, 0.5) is 11.4 Å². The van der Waals surface area contributed by atoms with Crippen molar-refractivity contribution in [1.29, 1.82) is 0 Å². The SMILES string of the molecule is CCOC(=O)[C@@H](c1ccc(NCc2ccccc2)cc1)N(Cc1ccccc1)C(=Nc1ccccc1)c1ccc(OC)cc1. The number of ether oxygens (including phenoxy) is 2. The van der Waals surface area contributed by atoms with Crippen LogP contribution in [-0.4, -0.2) is 30.4 Å². The summed E-state index contributed by atoms with van der Waals surface area (Å²) >= 11 is 0. The van der Waals surface area contributed by atoms with Crippen LogP contribution in [0.5, 0.6) is 5.75 Å². The summed E-state index contributed by atoms with van der Waals surface area (Å²) in [5.74, 6) is 1.04. The van der Waals surface area contributed by atoms with Crippen LogP contribution < -0.4 is 10.1 Å². The van der Waals surface area contributed by atoms with E-state index in [1.807, 2.05) is 127 Å². The minimum Gasteiger partial charge on any atom is -0.497 e. The second kappa shape index (κ2) is 15.2. The highest BCUT2D eigenvalue weighted by Crippen LogP contribution is 2.30. The van der Waals surface area contributed by atoms with E-state index in [0.717, 1.165) is 33.8 Å². The van der Waals surface area contributed by atoms with Gasteiger partial charge in [0.2, 0.25) is 0 Å². The number of nitrogens with one attached hydrogen (secondary N) is 1. The Morgan fingerprint density at radius 1 is 0.750 bits per heavy atom. The third kappa shape index (κ3) is 7.92. The average molecular weight is 584 g/mol. The van der Waals surface area contributed by atoms with Crippen molar-refractivity contribution in [1.82, 2.24) is 4.90 Å². The van der Waals surface area contributed by atoms with E-state index < -0.39 is 6.04 Å². The summed E-state index contributed by atoms with van der Waals surface area (Å²) in [6.07, 6.45) is 0. The van der Waals surface area contributed by atoms with Crippen molar-refractivity contribution in [2.24, 2.45) is 4.99 Å². The molecule has 0 aromatic heterocycles. The van der Waals surface area contributed by atoms with Gasteiger partial charge in [-0.05, 0) is 72.1 Å². The molecule has 1 N–H and O–H groups in total. The van der Waals surface area contributed by atoms with E-state index in [1.54, 1.807) is 7.11 Å². The van der Waals surface area contributed by atoms with E-state index in [4.69, 9.17) is 14.5 Å². The predicted molar refractivity (Wildman–Crippen MR) is 177 cm³/mol. The third-order valence-corrected chi connectivity index (χ3v) is 7.19. The van der Waals surface area contributed by atoms with Gasteiger partial charge in [-0.1, -0.05) is 91.0 Å². The molecule has 6 nitrogen and oxygen atoms in total. The number of hydrogen-bond acceptors (Lipinski definition) is 5. The Morgan fingerprint density at radius 2 is 1.34 bits per heavy atom. The molecule has 6 heteroatoms. The number of para-hydroxylation sites is 1. The Kier molecular flexibility index (Phi) is 10.4. The number of rotatable bonds is 12. The fraction of sp³-hybridized carbons (Fsp3) is 0.158. The maximum absolute atomic E-state index is 13.9. The van der Waals surface area contributed by atoms with Gasteiger partial charge in [0, 0.05) is 24.3 Å². The van der Waals surface area contributed by atoms with Crippen LogP contribution in [0, 0.1) is 0 Å². The maximum atomic E-state index is 13.9. The lowest BCUT2D eigenvalue weighted by molar-refractivity contribution is -0.148. The third-order valence-electron chi connectivity index (χ3n) is 7.19. The summed E-state index contributed by atoms with van der Waals surface area (Å²) < 4.78 is 11.2. The highest BCUT2D eigenvalue weighted by atomic mass is 16.5. The largest absolute Gasteiger partial charge is 0.497 e. The first kappa shape index (κ1) is 30.1. The Bertz CT molecular complexity index is 1620. The first-order valence-electron chi connectivity index (χ1n) is 14.8. The smallest absolute Gasteiger partial charge is 0.333 e. The zero-order valence-electron chi connectivity index (χ0n) is 25.1. The summed E-state index contributed by atoms with van der Waals surface area (Å²) in [6, 6.07) is 45.1. The number of esters is 1. The molecule has 0 saturated carbocycles. The van der Waals surface area contributed by atoms with Crippen LogP contribution in [0.1, 0.15) is 35.2 Å². The second-order valence-electron chi connectivity index (χ2n) is 10.2. The number of nitrogens with zero attached hydrogens (tertiary/aromatic N) is 2. The standard InChI is InChI=1S/C38H37N3O3/c1-3-44-38(42)36(31-19-23-33(24-20-31)39-27-29-13-7-4-8-14-29)41(28-30-15-9-5-10-16-30)37(40-34-17-11-6-12-18-34)32-21-25-35(43-2)26-22-32/h4-26,36,39H,3,27-28H2,1-2H3/t36-/m1/s1. The number of amidine groups is 1. The van der Waals surface area contributed by atoms with Crippen molar-refractivity contribution in [2.45, 2.75) is 26.1 Å². The minimum absolute atomic E-state index is 0.263. The minimum atomic E-state index is -0.761. The average Bonchev–Trinajstić information content (AvgIpc) is 3.08. The molecule has 222 valence electrons. The Balaban J connectivity index is 1.59. The molecule has 0 aliphatic rings. The van der Waals surface area contributed by atoms with Gasteiger partial charge in [-0.25, -0.2) is 9.79 Å². The molecule has 5 rings (SSSR count). The van der Waals surface area contributed by atoms with Crippen LogP contribution in [0.25, 0.3) is 0 Å². The van der Waals surface area contributed by atoms with Gasteiger partial charge in [0.05, 0.1) is 19.4 Å². The highest BCUT2D eigenvalue weighted by Gasteiger charge is 2.32. The molecule has 0 fully saturated rings. The molecular weight excluding hydrogens is 546 g/mol. The van der Waals surface area contributed by atoms with E-state index in [1.165, 1.54) is 5.56 Å². The lowest BCUT2D eigenvalue weighted by Gasteiger charge is -2.34. The molecule has 1 atom stereocenters. The van der Waals surface area contributed by atoms with Gasteiger partial charge in [0.15, 0.2) is 6.04 Å². The zero-order valence-corrected chi connectivity index (χ0v) is 25.1. The summed E-state index contributed by atoms with van der Waals surface area (Å²) in [6.45, 7) is 3.22. The van der Waals surface area contributed by atoms with Crippen molar-refractivity contribution in [3.63, 3.8) is 0 Å². The van der Waals surface area contributed by atoms with Gasteiger partial charge in [0.1, 0.15) is 11.6 Å². The first-order valence-corrected chi connectivity index (χ1v) is 14.8. The van der Waals surface area contributed by atoms with E-state index in [9.17, 15) is 4.79 Å². The molecule has 0 aliphatic heterocycles. The molecular formula is C38H37N3O3. The number of hydrogen-bond donors (Lipinski definition) is 1. The number of anilines is 1. The summed E-state index contributed by atoms with van der Waals surface area (Å²) in [5, 5.41) is 3.48. The molecule has 0 bridgehead atoms. The van der Waals surface area contributed by atoms with Crippen molar-refractivity contribution < 1.29 is 14.3 Å². The number of benzene rings is 5. The zero-order chi connectivity index (χ0) is 30.6. The molecule has 5 aromatic rings. The topological polar surface area (TPSA) is 63.2 Å². The molecule has 0 spiro atoms. The van der Waals surface area contributed by atoms with E-state index in [2.05, 4.69) is 29.6 Å². The van der Waals surface area contributed by atoms with Crippen LogP contribution in [0.15, 0.2) is 145 Å². The number of aliphatic imine (C=N–C) groups is 1. The van der Waals surface area contributed by atoms with Crippen LogP contribution in [0.3, 0.4) is 0 Å². The predicted octanol–water partition coefficient (Wildman–Crippen LogP) is 8.19. The van der Waals surface area contributed by atoms with Gasteiger partial charge in [-0.15, -0.1) is 0 Å². The Hall–Kier alpha value is -5.36. The molecule has 44 heavy (non-hydrogen) atoms. The van der Waals surface area contributed by atoms with Gasteiger partial charge < -0.3 is 19.7 Å². The van der Waals surface area contributed by atoms with Crippen molar-refractivity contribution in [3.8, 4) is 5.75 Å². The Labute approximate surface area is 259 Å². The van der Waals surface area contributed by atoms with Crippen molar-refractivity contribution in [2.75, 3.05) is 19.0 Å². The molecule has 0 unspecified atom stereocenters. The molecule has 0 radical (unpaired) electrons. The fourth-order valence-corrected chi connectivity index (χ4v) is 4.98. The molecule has 0 saturated heterocycles. The van der Waals surface area contributed by atoms with Gasteiger partial charge in [0.25, 0.3) is 0 Å². The van der Waals surface area contributed by atoms with Crippen LogP contribution >= 0.6 is 0 Å². The summed E-state index contributed by atoms with van der Waals surface area (Å²) in [4.78, 5) is 21.1. The molecule has 0 aliphatic carbocycles. The monoisotopic (exact) mass is 583 g/mol. The lowest BCUT2D eigenvalue weighted by atomic mass is 10.0. The number of carbonyl (C=O) groups is 1. The maximum Gasteiger partial charge on any atom is 0.333 e.